The fourth-order valence-electron chi connectivity index (χ4n) is 4.26. The number of nitrogens with zero attached hydrogens (tertiary/aromatic N) is 2. The first-order valence-electron chi connectivity index (χ1n) is 10.3. The average molecular weight is 388 g/mol. The van der Waals surface area contributed by atoms with Crippen LogP contribution >= 0.6 is 0 Å². The van der Waals surface area contributed by atoms with Gasteiger partial charge in [0.1, 0.15) is 0 Å². The molecule has 29 heavy (non-hydrogen) atoms. The molecule has 1 fully saturated rings. The van der Waals surface area contributed by atoms with Gasteiger partial charge in [-0.05, 0) is 51.7 Å². The number of carbonyl (C=O) groups is 1. The maximum Gasteiger partial charge on any atom is 0.230 e. The minimum atomic E-state index is -0.349. The third-order valence-corrected chi connectivity index (χ3v) is 6.09. The molecule has 150 valence electrons. The fraction of sp³-hybridized carbons (Fsp3) is 0.360. The normalized spacial score (nSPS) is 14.6. The number of hydrogen-bond acceptors (Lipinski definition) is 2. The summed E-state index contributed by atoms with van der Waals surface area (Å²) in [4.78, 5) is 13.1. The summed E-state index contributed by atoms with van der Waals surface area (Å²) in [7, 11) is 0. The maximum absolute atomic E-state index is 13.1. The Labute approximate surface area is 173 Å². The SMILES string of the molecule is Cc1cc(C)cc(C2(C(=O)NCc3c(C)nn(Cc4ccccc4)c3C)CC2)c1. The minimum Gasteiger partial charge on any atom is -0.351 e. The van der Waals surface area contributed by atoms with Crippen LogP contribution in [0.2, 0.25) is 0 Å². The van der Waals surface area contributed by atoms with Crippen molar-refractivity contribution in [3.05, 3.63) is 87.7 Å². The van der Waals surface area contributed by atoms with E-state index in [9.17, 15) is 4.79 Å². The van der Waals surface area contributed by atoms with Crippen molar-refractivity contribution in [1.29, 1.82) is 0 Å². The summed E-state index contributed by atoms with van der Waals surface area (Å²) in [6.45, 7) is 9.57. The third-order valence-electron chi connectivity index (χ3n) is 6.09. The highest BCUT2D eigenvalue weighted by Crippen LogP contribution is 2.48. The van der Waals surface area contributed by atoms with Gasteiger partial charge in [0.2, 0.25) is 5.91 Å². The molecule has 1 aliphatic carbocycles. The predicted molar refractivity (Wildman–Crippen MR) is 116 cm³/mol. The lowest BCUT2D eigenvalue weighted by Crippen LogP contribution is -2.34. The van der Waals surface area contributed by atoms with E-state index in [0.717, 1.165) is 41.9 Å². The van der Waals surface area contributed by atoms with Gasteiger partial charge < -0.3 is 5.32 Å². The van der Waals surface area contributed by atoms with Crippen LogP contribution in [0.15, 0.2) is 48.5 Å². The number of benzene rings is 2. The topological polar surface area (TPSA) is 46.9 Å². The van der Waals surface area contributed by atoms with E-state index in [1.54, 1.807) is 0 Å². The number of rotatable bonds is 6. The standard InChI is InChI=1S/C25H29N3O/c1-17-12-18(2)14-22(13-17)25(10-11-25)24(29)26-15-23-19(3)27-28(20(23)4)16-21-8-6-5-7-9-21/h5-9,12-14H,10-11,15-16H2,1-4H3,(H,26,29). The van der Waals surface area contributed by atoms with Gasteiger partial charge in [0.25, 0.3) is 0 Å². The summed E-state index contributed by atoms with van der Waals surface area (Å²) >= 11 is 0. The molecule has 1 N–H and O–H groups in total. The maximum atomic E-state index is 13.1. The second-order valence-electron chi connectivity index (χ2n) is 8.43. The molecule has 1 aliphatic rings. The summed E-state index contributed by atoms with van der Waals surface area (Å²) in [5.41, 5.74) is 7.67. The van der Waals surface area contributed by atoms with Gasteiger partial charge in [0.05, 0.1) is 17.7 Å². The molecular formula is C25H29N3O. The number of amides is 1. The lowest BCUT2D eigenvalue weighted by atomic mass is 9.92. The van der Waals surface area contributed by atoms with Crippen LogP contribution in [0.1, 0.15) is 52.0 Å². The van der Waals surface area contributed by atoms with Gasteiger partial charge in [0.15, 0.2) is 0 Å². The molecule has 0 spiro atoms. The summed E-state index contributed by atoms with van der Waals surface area (Å²) in [6, 6.07) is 16.8. The summed E-state index contributed by atoms with van der Waals surface area (Å²) in [6.07, 6.45) is 1.85. The zero-order valence-corrected chi connectivity index (χ0v) is 17.7. The molecule has 0 unspecified atom stereocenters. The first-order chi connectivity index (χ1) is 13.9. The lowest BCUT2D eigenvalue weighted by Gasteiger charge is -2.17. The zero-order valence-electron chi connectivity index (χ0n) is 17.7. The van der Waals surface area contributed by atoms with E-state index in [0.29, 0.717) is 6.54 Å². The second kappa shape index (κ2) is 7.51. The largest absolute Gasteiger partial charge is 0.351 e. The molecule has 0 bridgehead atoms. The van der Waals surface area contributed by atoms with Gasteiger partial charge in [-0.25, -0.2) is 0 Å². The number of nitrogens with one attached hydrogen (secondary N) is 1. The van der Waals surface area contributed by atoms with E-state index in [1.165, 1.54) is 16.7 Å². The first kappa shape index (κ1) is 19.4. The number of aromatic nitrogens is 2. The third kappa shape index (κ3) is 3.84. The van der Waals surface area contributed by atoms with Crippen molar-refractivity contribution >= 4 is 5.91 Å². The van der Waals surface area contributed by atoms with Crippen LogP contribution in [0.5, 0.6) is 0 Å². The molecule has 4 rings (SSSR count). The van der Waals surface area contributed by atoms with Crippen molar-refractivity contribution in [2.75, 3.05) is 0 Å². The summed E-state index contributed by atoms with van der Waals surface area (Å²) in [5.74, 6) is 0.136. The Morgan fingerprint density at radius 2 is 1.69 bits per heavy atom. The number of carbonyl (C=O) groups excluding carboxylic acids is 1. The van der Waals surface area contributed by atoms with Crippen LogP contribution in [0.4, 0.5) is 0 Å². The molecule has 4 nitrogen and oxygen atoms in total. The van der Waals surface area contributed by atoms with E-state index < -0.39 is 0 Å². The smallest absolute Gasteiger partial charge is 0.230 e. The molecule has 1 amide bonds. The van der Waals surface area contributed by atoms with Crippen LogP contribution in [0, 0.1) is 27.7 Å². The quantitative estimate of drug-likeness (QED) is 0.676. The fourth-order valence-corrected chi connectivity index (χ4v) is 4.26. The summed E-state index contributed by atoms with van der Waals surface area (Å²) in [5, 5.41) is 7.91. The Morgan fingerprint density at radius 1 is 1.03 bits per heavy atom. The monoisotopic (exact) mass is 387 g/mol. The molecule has 2 aromatic carbocycles. The van der Waals surface area contributed by atoms with Crippen LogP contribution in [-0.4, -0.2) is 15.7 Å². The lowest BCUT2D eigenvalue weighted by molar-refractivity contribution is -0.123. The van der Waals surface area contributed by atoms with Crippen molar-refractivity contribution in [2.45, 2.75) is 59.0 Å². The van der Waals surface area contributed by atoms with Gasteiger partial charge in [-0.3, -0.25) is 9.48 Å². The molecule has 0 aliphatic heterocycles. The van der Waals surface area contributed by atoms with Crippen LogP contribution in [0.3, 0.4) is 0 Å². The van der Waals surface area contributed by atoms with Crippen molar-refractivity contribution in [3.8, 4) is 0 Å². The van der Waals surface area contributed by atoms with E-state index in [1.807, 2.05) is 29.8 Å². The van der Waals surface area contributed by atoms with Gasteiger partial charge in [0, 0.05) is 17.8 Å². The Kier molecular flexibility index (Phi) is 5.03. The molecule has 0 saturated heterocycles. The number of hydrogen-bond donors (Lipinski definition) is 1. The van der Waals surface area contributed by atoms with Crippen molar-refractivity contribution in [1.82, 2.24) is 15.1 Å². The van der Waals surface area contributed by atoms with Crippen molar-refractivity contribution in [2.24, 2.45) is 0 Å². The first-order valence-corrected chi connectivity index (χ1v) is 10.3. The Hall–Kier alpha value is -2.88. The van der Waals surface area contributed by atoms with Crippen LogP contribution in [0.25, 0.3) is 0 Å². The molecule has 1 heterocycles. The Balaban J connectivity index is 1.48. The molecule has 4 heteroatoms. The molecule has 1 saturated carbocycles. The molecule has 0 atom stereocenters. The molecule has 3 aromatic rings. The summed E-state index contributed by atoms with van der Waals surface area (Å²) < 4.78 is 2.03. The van der Waals surface area contributed by atoms with Crippen molar-refractivity contribution in [3.63, 3.8) is 0 Å². The average Bonchev–Trinajstić information content (AvgIpc) is 3.45. The zero-order chi connectivity index (χ0) is 20.6. The highest BCUT2D eigenvalue weighted by Gasteiger charge is 2.51. The van der Waals surface area contributed by atoms with Crippen molar-refractivity contribution < 1.29 is 4.79 Å². The number of aryl methyl sites for hydroxylation is 3. The second-order valence-corrected chi connectivity index (χ2v) is 8.43. The molecule has 1 aromatic heterocycles. The Morgan fingerprint density at radius 3 is 2.31 bits per heavy atom. The highest BCUT2D eigenvalue weighted by molar-refractivity contribution is 5.91. The van der Waals surface area contributed by atoms with E-state index in [2.05, 4.69) is 56.4 Å². The van der Waals surface area contributed by atoms with Gasteiger partial charge in [-0.15, -0.1) is 0 Å². The molecule has 0 radical (unpaired) electrons. The predicted octanol–water partition coefficient (Wildman–Crippen LogP) is 4.51. The highest BCUT2D eigenvalue weighted by atomic mass is 16.2. The van der Waals surface area contributed by atoms with E-state index in [4.69, 9.17) is 5.10 Å². The van der Waals surface area contributed by atoms with Gasteiger partial charge in [-0.2, -0.15) is 5.10 Å². The van der Waals surface area contributed by atoms with Gasteiger partial charge >= 0.3 is 0 Å². The molecular weight excluding hydrogens is 358 g/mol. The minimum absolute atomic E-state index is 0.136. The Bertz CT molecular complexity index is 1030. The van der Waals surface area contributed by atoms with E-state index in [-0.39, 0.29) is 11.3 Å². The van der Waals surface area contributed by atoms with Gasteiger partial charge in [-0.1, -0.05) is 59.7 Å². The van der Waals surface area contributed by atoms with Crippen LogP contribution < -0.4 is 5.32 Å². The van der Waals surface area contributed by atoms with Crippen LogP contribution in [-0.2, 0) is 23.3 Å². The van der Waals surface area contributed by atoms with E-state index >= 15 is 0 Å².